The highest BCUT2D eigenvalue weighted by molar-refractivity contribution is 8.18. The second-order valence-electron chi connectivity index (χ2n) is 5.39. The normalized spacial score (nSPS) is 17.0. The Bertz CT molecular complexity index is 794. The number of benzene rings is 1. The van der Waals surface area contributed by atoms with E-state index in [-0.39, 0.29) is 11.1 Å². The Labute approximate surface area is 138 Å². The number of hydrogen-bond acceptors (Lipinski definition) is 4. The first-order chi connectivity index (χ1) is 11.1. The molecule has 0 spiro atoms. The van der Waals surface area contributed by atoms with Gasteiger partial charge < -0.3 is 9.30 Å². The number of para-hydroxylation sites is 1. The van der Waals surface area contributed by atoms with Gasteiger partial charge >= 0.3 is 0 Å². The van der Waals surface area contributed by atoms with Crippen molar-refractivity contribution in [2.24, 2.45) is 7.05 Å². The Balaban J connectivity index is 1.88. The lowest BCUT2D eigenvalue weighted by Crippen LogP contribution is -2.29. The third-order valence-electron chi connectivity index (χ3n) is 3.82. The quantitative estimate of drug-likeness (QED) is 0.624. The molecule has 120 valence electrons. The molecule has 0 aliphatic carbocycles. The van der Waals surface area contributed by atoms with E-state index < -0.39 is 0 Å². The maximum Gasteiger partial charge on any atom is 0.293 e. The van der Waals surface area contributed by atoms with E-state index in [1.165, 1.54) is 4.90 Å². The second-order valence-corrected chi connectivity index (χ2v) is 6.39. The van der Waals surface area contributed by atoms with Crippen molar-refractivity contribution < 1.29 is 14.3 Å². The molecule has 0 radical (unpaired) electrons. The van der Waals surface area contributed by atoms with E-state index in [0.29, 0.717) is 24.5 Å². The van der Waals surface area contributed by atoms with E-state index in [0.717, 1.165) is 28.2 Å². The van der Waals surface area contributed by atoms with Gasteiger partial charge in [-0.25, -0.2) is 0 Å². The summed E-state index contributed by atoms with van der Waals surface area (Å²) >= 11 is 1.00. The van der Waals surface area contributed by atoms with E-state index in [1.807, 2.05) is 48.2 Å². The number of aryl methyl sites for hydroxylation is 1. The number of carbonyl (C=O) groups excluding carboxylic acids is 2. The lowest BCUT2D eigenvalue weighted by Gasteiger charge is -2.11. The summed E-state index contributed by atoms with van der Waals surface area (Å²) < 4.78 is 6.99. The van der Waals surface area contributed by atoms with Crippen LogP contribution in [0.4, 0.5) is 4.79 Å². The fourth-order valence-electron chi connectivity index (χ4n) is 2.69. The van der Waals surface area contributed by atoms with E-state index in [4.69, 9.17) is 4.74 Å². The number of nitrogens with zero attached hydrogens (tertiary/aromatic N) is 2. The van der Waals surface area contributed by atoms with Gasteiger partial charge in [0.2, 0.25) is 0 Å². The first-order valence-corrected chi connectivity index (χ1v) is 8.22. The van der Waals surface area contributed by atoms with E-state index in [1.54, 1.807) is 7.11 Å². The van der Waals surface area contributed by atoms with Gasteiger partial charge in [0.05, 0.1) is 4.91 Å². The van der Waals surface area contributed by atoms with Crippen LogP contribution in [-0.4, -0.2) is 40.9 Å². The predicted octanol–water partition coefficient (Wildman–Crippen LogP) is 3.25. The van der Waals surface area contributed by atoms with Gasteiger partial charge in [-0.05, 0) is 30.3 Å². The Kier molecular flexibility index (Phi) is 4.54. The van der Waals surface area contributed by atoms with Crippen LogP contribution in [0.2, 0.25) is 0 Å². The molecule has 1 fully saturated rings. The molecule has 1 aromatic heterocycles. The average molecular weight is 330 g/mol. The fourth-order valence-corrected chi connectivity index (χ4v) is 3.54. The van der Waals surface area contributed by atoms with Crippen molar-refractivity contribution in [3.8, 4) is 0 Å². The highest BCUT2D eigenvalue weighted by Gasteiger charge is 2.34. The number of fused-ring (bicyclic) bond motifs is 1. The number of rotatable bonds is 5. The van der Waals surface area contributed by atoms with Crippen LogP contribution in [0, 0.1) is 0 Å². The van der Waals surface area contributed by atoms with Gasteiger partial charge in [-0.1, -0.05) is 18.2 Å². The van der Waals surface area contributed by atoms with E-state index >= 15 is 0 Å². The van der Waals surface area contributed by atoms with Gasteiger partial charge in [0.15, 0.2) is 0 Å². The van der Waals surface area contributed by atoms with Crippen molar-refractivity contribution in [2.75, 3.05) is 20.3 Å². The molecule has 2 heterocycles. The van der Waals surface area contributed by atoms with Crippen molar-refractivity contribution in [1.82, 2.24) is 9.47 Å². The Morgan fingerprint density at radius 3 is 2.83 bits per heavy atom. The maximum absolute atomic E-state index is 12.4. The lowest BCUT2D eigenvalue weighted by molar-refractivity contribution is -0.122. The minimum Gasteiger partial charge on any atom is -0.385 e. The summed E-state index contributed by atoms with van der Waals surface area (Å²) in [5.74, 6) is -0.218. The molecule has 1 aliphatic rings. The monoisotopic (exact) mass is 330 g/mol. The summed E-state index contributed by atoms with van der Waals surface area (Å²) in [7, 11) is 3.57. The SMILES string of the molecule is COCCCN1C(=O)S/C(=C/c2cn(C)c3ccccc23)C1=O. The van der Waals surface area contributed by atoms with Gasteiger partial charge in [0.25, 0.3) is 11.1 Å². The molecular weight excluding hydrogens is 312 g/mol. The number of aromatic nitrogens is 1. The number of methoxy groups -OCH3 is 1. The molecule has 0 N–H and O–H groups in total. The van der Waals surface area contributed by atoms with E-state index in [9.17, 15) is 9.59 Å². The topological polar surface area (TPSA) is 51.5 Å². The molecule has 0 unspecified atom stereocenters. The van der Waals surface area contributed by atoms with Crippen molar-refractivity contribution >= 4 is 39.9 Å². The van der Waals surface area contributed by atoms with Crippen LogP contribution in [0.3, 0.4) is 0 Å². The Hall–Kier alpha value is -2.05. The number of imide groups is 1. The van der Waals surface area contributed by atoms with Crippen molar-refractivity contribution in [3.05, 3.63) is 40.9 Å². The van der Waals surface area contributed by atoms with Gasteiger partial charge in [-0.15, -0.1) is 0 Å². The van der Waals surface area contributed by atoms with Crippen LogP contribution < -0.4 is 0 Å². The van der Waals surface area contributed by atoms with Crippen LogP contribution >= 0.6 is 11.8 Å². The van der Waals surface area contributed by atoms with Gasteiger partial charge in [0.1, 0.15) is 0 Å². The Morgan fingerprint density at radius 2 is 2.04 bits per heavy atom. The van der Waals surface area contributed by atoms with Gasteiger partial charge in [-0.3, -0.25) is 14.5 Å². The molecule has 3 rings (SSSR count). The Morgan fingerprint density at radius 1 is 1.26 bits per heavy atom. The second kappa shape index (κ2) is 6.60. The number of thioether (sulfide) groups is 1. The molecule has 2 amide bonds. The first-order valence-electron chi connectivity index (χ1n) is 7.40. The zero-order chi connectivity index (χ0) is 16.4. The minimum absolute atomic E-state index is 0.211. The largest absolute Gasteiger partial charge is 0.385 e. The smallest absolute Gasteiger partial charge is 0.293 e. The van der Waals surface area contributed by atoms with E-state index in [2.05, 4.69) is 0 Å². The van der Waals surface area contributed by atoms with Crippen LogP contribution in [-0.2, 0) is 16.6 Å². The van der Waals surface area contributed by atoms with Crippen LogP contribution in [0.15, 0.2) is 35.4 Å². The van der Waals surface area contributed by atoms with Crippen molar-refractivity contribution in [2.45, 2.75) is 6.42 Å². The number of carbonyl (C=O) groups is 2. The molecule has 5 nitrogen and oxygen atoms in total. The predicted molar refractivity (Wildman–Crippen MR) is 92.1 cm³/mol. The molecule has 0 bridgehead atoms. The van der Waals surface area contributed by atoms with Crippen molar-refractivity contribution in [3.63, 3.8) is 0 Å². The standard InChI is InChI=1S/C17H18N2O3S/c1-18-11-12(13-6-3-4-7-14(13)18)10-15-16(20)19(17(21)23-15)8-5-9-22-2/h3-4,6-7,10-11H,5,8-9H2,1-2H3/b15-10+. The molecule has 0 atom stereocenters. The van der Waals surface area contributed by atoms with Crippen LogP contribution in [0.1, 0.15) is 12.0 Å². The maximum atomic E-state index is 12.4. The molecule has 1 aliphatic heterocycles. The average Bonchev–Trinajstić information content (AvgIpc) is 3.00. The lowest BCUT2D eigenvalue weighted by atomic mass is 10.1. The fraction of sp³-hybridized carbons (Fsp3) is 0.294. The number of amides is 2. The molecule has 23 heavy (non-hydrogen) atoms. The summed E-state index contributed by atoms with van der Waals surface area (Å²) in [6, 6.07) is 8.00. The molecule has 1 aromatic carbocycles. The third-order valence-corrected chi connectivity index (χ3v) is 4.73. The summed E-state index contributed by atoms with van der Waals surface area (Å²) in [6.45, 7) is 0.926. The van der Waals surface area contributed by atoms with Crippen LogP contribution in [0.5, 0.6) is 0 Å². The van der Waals surface area contributed by atoms with Gasteiger partial charge in [-0.2, -0.15) is 0 Å². The van der Waals surface area contributed by atoms with Crippen LogP contribution in [0.25, 0.3) is 17.0 Å². The molecule has 1 saturated heterocycles. The number of hydrogen-bond donors (Lipinski definition) is 0. The molecule has 6 heteroatoms. The summed E-state index contributed by atoms with van der Waals surface area (Å²) in [4.78, 5) is 26.2. The number of ether oxygens (including phenoxy) is 1. The van der Waals surface area contributed by atoms with Crippen molar-refractivity contribution in [1.29, 1.82) is 0 Å². The molecule has 0 saturated carbocycles. The highest BCUT2D eigenvalue weighted by atomic mass is 32.2. The summed E-state index contributed by atoms with van der Waals surface area (Å²) in [5.41, 5.74) is 2.04. The summed E-state index contributed by atoms with van der Waals surface area (Å²) in [6.07, 6.45) is 4.43. The highest BCUT2D eigenvalue weighted by Crippen LogP contribution is 2.33. The third kappa shape index (κ3) is 3.04. The minimum atomic E-state index is -0.218. The zero-order valence-corrected chi connectivity index (χ0v) is 13.9. The van der Waals surface area contributed by atoms with Gasteiger partial charge in [0, 0.05) is 50.0 Å². The molecular formula is C17H18N2O3S. The summed E-state index contributed by atoms with van der Waals surface area (Å²) in [5, 5.41) is 0.860. The molecule has 2 aromatic rings. The zero-order valence-electron chi connectivity index (χ0n) is 13.1. The first kappa shape index (κ1) is 15.8.